The number of nitrogens with zero attached hydrogens (tertiary/aromatic N) is 1. The van der Waals surface area contributed by atoms with Gasteiger partial charge in [0.05, 0.1) is 11.9 Å². The van der Waals surface area contributed by atoms with Gasteiger partial charge in [-0.05, 0) is 34.0 Å². The molecule has 0 radical (unpaired) electrons. The molecule has 4 heteroatoms. The second-order valence-electron chi connectivity index (χ2n) is 2.34. The lowest BCUT2D eigenvalue weighted by atomic mass is 10.2. The molecule has 0 unspecified atom stereocenters. The Morgan fingerprint density at radius 3 is 3.18 bits per heavy atom. The first-order chi connectivity index (χ1) is 4.86. The standard InChI is InChI=1S/C7H7BrN2.ClH/c8-7-3-5-1-2-9-6(5)4-10-7;/h3-4,9H,1-2H2;1H. The molecule has 0 amide bonds. The van der Waals surface area contributed by atoms with Gasteiger partial charge in [0.25, 0.3) is 0 Å². The predicted molar refractivity (Wildman–Crippen MR) is 51.4 cm³/mol. The third kappa shape index (κ3) is 1.65. The summed E-state index contributed by atoms with van der Waals surface area (Å²) in [5, 5.41) is 3.24. The number of halogens is 2. The number of aromatic nitrogens is 1. The minimum Gasteiger partial charge on any atom is -0.383 e. The highest BCUT2D eigenvalue weighted by Crippen LogP contribution is 2.22. The van der Waals surface area contributed by atoms with Gasteiger partial charge in [0, 0.05) is 6.54 Å². The Bertz CT molecular complexity index is 265. The van der Waals surface area contributed by atoms with Crippen LogP contribution in [0.1, 0.15) is 5.56 Å². The van der Waals surface area contributed by atoms with E-state index in [4.69, 9.17) is 0 Å². The van der Waals surface area contributed by atoms with Gasteiger partial charge in [-0.15, -0.1) is 12.4 Å². The summed E-state index contributed by atoms with van der Waals surface area (Å²) in [6.07, 6.45) is 2.99. The Morgan fingerprint density at radius 1 is 1.55 bits per heavy atom. The topological polar surface area (TPSA) is 24.9 Å². The highest BCUT2D eigenvalue weighted by atomic mass is 79.9. The van der Waals surface area contributed by atoms with Crippen molar-refractivity contribution in [3.63, 3.8) is 0 Å². The first-order valence-corrected chi connectivity index (χ1v) is 4.04. The van der Waals surface area contributed by atoms with E-state index in [1.807, 2.05) is 6.20 Å². The normalized spacial score (nSPS) is 13.2. The number of hydrogen-bond acceptors (Lipinski definition) is 2. The number of fused-ring (bicyclic) bond motifs is 1. The molecule has 0 bridgehead atoms. The molecular weight excluding hydrogens is 227 g/mol. The van der Waals surface area contributed by atoms with Crippen LogP contribution in [0.4, 0.5) is 5.69 Å². The van der Waals surface area contributed by atoms with Crippen LogP contribution in [0.5, 0.6) is 0 Å². The SMILES string of the molecule is Brc1cc2c(cn1)NCC2.Cl. The molecule has 0 aliphatic carbocycles. The van der Waals surface area contributed by atoms with E-state index in [2.05, 4.69) is 32.3 Å². The quantitative estimate of drug-likeness (QED) is 0.698. The Morgan fingerprint density at radius 2 is 2.36 bits per heavy atom. The molecule has 0 saturated carbocycles. The van der Waals surface area contributed by atoms with E-state index in [0.717, 1.165) is 17.6 Å². The molecule has 1 aliphatic rings. The maximum Gasteiger partial charge on any atom is 0.106 e. The highest BCUT2D eigenvalue weighted by molar-refractivity contribution is 9.10. The molecule has 1 aliphatic heterocycles. The van der Waals surface area contributed by atoms with Crippen LogP contribution in [-0.2, 0) is 6.42 Å². The molecule has 1 aromatic rings. The molecule has 2 rings (SSSR count). The Kier molecular flexibility index (Phi) is 2.73. The summed E-state index contributed by atoms with van der Waals surface area (Å²) in [6.45, 7) is 1.05. The average molecular weight is 236 g/mol. The van der Waals surface area contributed by atoms with Crippen molar-refractivity contribution in [1.29, 1.82) is 0 Å². The average Bonchev–Trinajstić information content (AvgIpc) is 2.33. The minimum absolute atomic E-state index is 0. The van der Waals surface area contributed by atoms with E-state index in [9.17, 15) is 0 Å². The Labute approximate surface area is 79.9 Å². The fourth-order valence-electron chi connectivity index (χ4n) is 1.17. The van der Waals surface area contributed by atoms with Crippen molar-refractivity contribution in [2.24, 2.45) is 0 Å². The first-order valence-electron chi connectivity index (χ1n) is 3.24. The lowest BCUT2D eigenvalue weighted by Gasteiger charge is -1.96. The molecule has 0 saturated heterocycles. The van der Waals surface area contributed by atoms with Crippen molar-refractivity contribution >= 4 is 34.0 Å². The van der Waals surface area contributed by atoms with Crippen molar-refractivity contribution < 1.29 is 0 Å². The molecule has 0 spiro atoms. The van der Waals surface area contributed by atoms with Crippen molar-refractivity contribution in [1.82, 2.24) is 4.98 Å². The first kappa shape index (κ1) is 8.81. The molecule has 0 atom stereocenters. The van der Waals surface area contributed by atoms with Gasteiger partial charge >= 0.3 is 0 Å². The van der Waals surface area contributed by atoms with Crippen LogP contribution in [0.25, 0.3) is 0 Å². The van der Waals surface area contributed by atoms with Gasteiger partial charge in [-0.1, -0.05) is 0 Å². The summed E-state index contributed by atoms with van der Waals surface area (Å²) in [5.41, 5.74) is 2.55. The zero-order valence-corrected chi connectivity index (χ0v) is 8.20. The van der Waals surface area contributed by atoms with E-state index < -0.39 is 0 Å². The monoisotopic (exact) mass is 234 g/mol. The molecule has 2 heterocycles. The number of rotatable bonds is 0. The minimum atomic E-state index is 0. The number of pyridine rings is 1. The molecule has 2 nitrogen and oxygen atoms in total. The lowest BCUT2D eigenvalue weighted by molar-refractivity contribution is 1.10. The van der Waals surface area contributed by atoms with Crippen molar-refractivity contribution in [3.8, 4) is 0 Å². The summed E-state index contributed by atoms with van der Waals surface area (Å²) < 4.78 is 0.926. The fourth-order valence-corrected chi connectivity index (χ4v) is 1.54. The van der Waals surface area contributed by atoms with E-state index in [-0.39, 0.29) is 12.4 Å². The number of anilines is 1. The van der Waals surface area contributed by atoms with Crippen molar-refractivity contribution in [2.75, 3.05) is 11.9 Å². The van der Waals surface area contributed by atoms with E-state index in [1.165, 1.54) is 11.3 Å². The molecule has 11 heavy (non-hydrogen) atoms. The third-order valence-electron chi connectivity index (χ3n) is 1.67. The maximum atomic E-state index is 4.10. The van der Waals surface area contributed by atoms with Crippen LogP contribution in [0.3, 0.4) is 0 Å². The number of nitrogens with one attached hydrogen (secondary N) is 1. The van der Waals surface area contributed by atoms with E-state index in [0.29, 0.717) is 0 Å². The second kappa shape index (κ2) is 3.41. The zero-order valence-electron chi connectivity index (χ0n) is 5.80. The smallest absolute Gasteiger partial charge is 0.106 e. The molecule has 0 fully saturated rings. The van der Waals surface area contributed by atoms with Crippen LogP contribution in [-0.4, -0.2) is 11.5 Å². The zero-order chi connectivity index (χ0) is 6.97. The molecule has 60 valence electrons. The Hall–Kier alpha value is -0.280. The Balaban J connectivity index is 0.000000605. The summed E-state index contributed by atoms with van der Waals surface area (Å²) in [4.78, 5) is 4.10. The second-order valence-corrected chi connectivity index (χ2v) is 3.15. The summed E-state index contributed by atoms with van der Waals surface area (Å²) in [5.74, 6) is 0. The van der Waals surface area contributed by atoms with Gasteiger partial charge < -0.3 is 5.32 Å². The van der Waals surface area contributed by atoms with Gasteiger partial charge in [0.1, 0.15) is 4.60 Å². The van der Waals surface area contributed by atoms with Crippen molar-refractivity contribution in [2.45, 2.75) is 6.42 Å². The predicted octanol–water partition coefficient (Wildman–Crippen LogP) is 2.23. The van der Waals surface area contributed by atoms with E-state index >= 15 is 0 Å². The largest absolute Gasteiger partial charge is 0.383 e. The maximum absolute atomic E-state index is 4.10. The van der Waals surface area contributed by atoms with Crippen LogP contribution < -0.4 is 5.32 Å². The summed E-state index contributed by atoms with van der Waals surface area (Å²) in [6, 6.07) is 2.06. The number of hydrogen-bond donors (Lipinski definition) is 1. The van der Waals surface area contributed by atoms with Gasteiger partial charge in [-0.2, -0.15) is 0 Å². The van der Waals surface area contributed by atoms with Crippen molar-refractivity contribution in [3.05, 3.63) is 22.4 Å². The molecule has 0 aromatic carbocycles. The molecule has 1 aromatic heterocycles. The van der Waals surface area contributed by atoms with Crippen LogP contribution >= 0.6 is 28.3 Å². The van der Waals surface area contributed by atoms with Gasteiger partial charge in [-0.3, -0.25) is 0 Å². The van der Waals surface area contributed by atoms with Gasteiger partial charge in [0.15, 0.2) is 0 Å². The van der Waals surface area contributed by atoms with E-state index in [1.54, 1.807) is 0 Å². The van der Waals surface area contributed by atoms with Crippen LogP contribution in [0, 0.1) is 0 Å². The summed E-state index contributed by atoms with van der Waals surface area (Å²) in [7, 11) is 0. The lowest BCUT2D eigenvalue weighted by Crippen LogP contribution is -1.90. The van der Waals surface area contributed by atoms with Crippen LogP contribution in [0.2, 0.25) is 0 Å². The summed E-state index contributed by atoms with van der Waals surface area (Å²) >= 11 is 3.33. The van der Waals surface area contributed by atoms with Gasteiger partial charge in [0.2, 0.25) is 0 Å². The molecular formula is C7H8BrClN2. The van der Waals surface area contributed by atoms with Crippen LogP contribution in [0.15, 0.2) is 16.9 Å². The molecule has 1 N–H and O–H groups in total. The highest BCUT2D eigenvalue weighted by Gasteiger charge is 2.09. The third-order valence-corrected chi connectivity index (χ3v) is 2.10. The fraction of sp³-hybridized carbons (Fsp3) is 0.286. The van der Waals surface area contributed by atoms with Gasteiger partial charge in [-0.25, -0.2) is 4.98 Å².